The van der Waals surface area contributed by atoms with Crippen molar-refractivity contribution in [2.45, 2.75) is 6.42 Å². The summed E-state index contributed by atoms with van der Waals surface area (Å²) in [4.78, 5) is 21.5. The SMILES string of the molecule is NC(=O)CNC(=O)Cc1ccc(F)cc1F. The molecule has 1 aromatic rings. The lowest BCUT2D eigenvalue weighted by Crippen LogP contribution is -2.34. The van der Waals surface area contributed by atoms with Gasteiger partial charge in [-0.3, -0.25) is 9.59 Å². The van der Waals surface area contributed by atoms with Crippen molar-refractivity contribution in [3.8, 4) is 0 Å². The van der Waals surface area contributed by atoms with Crippen LogP contribution in [0, 0.1) is 11.6 Å². The molecule has 2 amide bonds. The number of hydrogen-bond acceptors (Lipinski definition) is 2. The molecule has 0 fully saturated rings. The topological polar surface area (TPSA) is 72.2 Å². The summed E-state index contributed by atoms with van der Waals surface area (Å²) in [6, 6.07) is 2.92. The van der Waals surface area contributed by atoms with Crippen LogP contribution in [0.5, 0.6) is 0 Å². The van der Waals surface area contributed by atoms with Gasteiger partial charge < -0.3 is 11.1 Å². The van der Waals surface area contributed by atoms with Gasteiger partial charge in [-0.2, -0.15) is 0 Å². The lowest BCUT2D eigenvalue weighted by Gasteiger charge is -2.04. The highest BCUT2D eigenvalue weighted by Crippen LogP contribution is 2.09. The Morgan fingerprint density at radius 1 is 1.31 bits per heavy atom. The van der Waals surface area contributed by atoms with Crippen molar-refractivity contribution in [1.82, 2.24) is 5.32 Å². The Morgan fingerprint density at radius 2 is 2.00 bits per heavy atom. The van der Waals surface area contributed by atoms with E-state index < -0.39 is 23.4 Å². The minimum Gasteiger partial charge on any atom is -0.368 e. The van der Waals surface area contributed by atoms with Crippen LogP contribution in [0.2, 0.25) is 0 Å². The van der Waals surface area contributed by atoms with Crippen LogP contribution < -0.4 is 11.1 Å². The zero-order valence-electron chi connectivity index (χ0n) is 8.30. The van der Waals surface area contributed by atoms with Crippen molar-refractivity contribution in [3.63, 3.8) is 0 Å². The Hall–Kier alpha value is -1.98. The third-order valence-corrected chi connectivity index (χ3v) is 1.83. The Bertz CT molecular complexity index is 421. The molecular formula is C10H10F2N2O2. The van der Waals surface area contributed by atoms with Crippen LogP contribution in [0.15, 0.2) is 18.2 Å². The molecule has 1 aromatic carbocycles. The van der Waals surface area contributed by atoms with Crippen molar-refractivity contribution in [3.05, 3.63) is 35.4 Å². The van der Waals surface area contributed by atoms with E-state index in [1.807, 2.05) is 0 Å². The van der Waals surface area contributed by atoms with Crippen LogP contribution in [-0.4, -0.2) is 18.4 Å². The van der Waals surface area contributed by atoms with Gasteiger partial charge in [0.2, 0.25) is 11.8 Å². The number of halogens is 2. The van der Waals surface area contributed by atoms with Gasteiger partial charge in [-0.05, 0) is 11.6 Å². The zero-order chi connectivity index (χ0) is 12.1. The Kier molecular flexibility index (Phi) is 3.93. The molecule has 0 bridgehead atoms. The highest BCUT2D eigenvalue weighted by atomic mass is 19.1. The van der Waals surface area contributed by atoms with E-state index in [1.54, 1.807) is 0 Å². The molecule has 0 radical (unpaired) electrons. The first-order valence-electron chi connectivity index (χ1n) is 4.48. The van der Waals surface area contributed by atoms with Crippen molar-refractivity contribution in [2.24, 2.45) is 5.73 Å². The molecule has 0 atom stereocenters. The number of rotatable bonds is 4. The van der Waals surface area contributed by atoms with Gasteiger partial charge in [0.15, 0.2) is 0 Å². The number of primary amides is 1. The van der Waals surface area contributed by atoms with Gasteiger partial charge in [0, 0.05) is 6.07 Å². The first kappa shape index (κ1) is 12.1. The highest BCUT2D eigenvalue weighted by Gasteiger charge is 2.09. The molecule has 0 aliphatic rings. The molecular weight excluding hydrogens is 218 g/mol. The van der Waals surface area contributed by atoms with Gasteiger partial charge >= 0.3 is 0 Å². The van der Waals surface area contributed by atoms with Gasteiger partial charge in [-0.1, -0.05) is 6.07 Å². The summed E-state index contributed by atoms with van der Waals surface area (Å²) < 4.78 is 25.6. The fourth-order valence-electron chi connectivity index (χ4n) is 1.09. The maximum Gasteiger partial charge on any atom is 0.236 e. The second-order valence-corrected chi connectivity index (χ2v) is 3.16. The summed E-state index contributed by atoms with van der Waals surface area (Å²) in [7, 11) is 0. The lowest BCUT2D eigenvalue weighted by atomic mass is 10.1. The zero-order valence-corrected chi connectivity index (χ0v) is 8.30. The third-order valence-electron chi connectivity index (χ3n) is 1.83. The fourth-order valence-corrected chi connectivity index (χ4v) is 1.09. The number of carbonyl (C=O) groups is 2. The average molecular weight is 228 g/mol. The van der Waals surface area contributed by atoms with Crippen LogP contribution in [0.25, 0.3) is 0 Å². The van der Waals surface area contributed by atoms with Crippen molar-refractivity contribution < 1.29 is 18.4 Å². The van der Waals surface area contributed by atoms with Crippen LogP contribution >= 0.6 is 0 Å². The molecule has 0 unspecified atom stereocenters. The minimum atomic E-state index is -0.797. The molecule has 0 spiro atoms. The maximum absolute atomic E-state index is 13.1. The number of amides is 2. The molecule has 16 heavy (non-hydrogen) atoms. The predicted octanol–water partition coefficient (Wildman–Crippen LogP) is 0.109. The fraction of sp³-hybridized carbons (Fsp3) is 0.200. The van der Waals surface area contributed by atoms with Crippen LogP contribution in [0.3, 0.4) is 0 Å². The van der Waals surface area contributed by atoms with E-state index in [1.165, 1.54) is 6.07 Å². The van der Waals surface area contributed by atoms with Gasteiger partial charge in [0.25, 0.3) is 0 Å². The molecule has 0 saturated heterocycles. The Labute approximate surface area is 90.4 Å². The second kappa shape index (κ2) is 5.20. The summed E-state index contributed by atoms with van der Waals surface area (Å²) in [6.45, 7) is -0.304. The molecule has 1 rings (SSSR count). The number of nitrogens with one attached hydrogen (secondary N) is 1. The quantitative estimate of drug-likeness (QED) is 0.767. The smallest absolute Gasteiger partial charge is 0.236 e. The van der Waals surface area contributed by atoms with E-state index in [0.717, 1.165) is 6.07 Å². The highest BCUT2D eigenvalue weighted by molar-refractivity contribution is 5.84. The molecule has 0 aromatic heterocycles. The molecule has 6 heteroatoms. The predicted molar refractivity (Wildman–Crippen MR) is 52.3 cm³/mol. The summed E-state index contributed by atoms with van der Waals surface area (Å²) in [6.07, 6.45) is -0.264. The van der Waals surface area contributed by atoms with E-state index in [0.29, 0.717) is 6.07 Å². The molecule has 0 heterocycles. The lowest BCUT2D eigenvalue weighted by molar-refractivity contribution is -0.124. The Balaban J connectivity index is 2.59. The van der Waals surface area contributed by atoms with E-state index in [-0.39, 0.29) is 18.5 Å². The molecule has 3 N–H and O–H groups in total. The first-order chi connectivity index (χ1) is 7.49. The van der Waals surface area contributed by atoms with E-state index in [9.17, 15) is 18.4 Å². The van der Waals surface area contributed by atoms with E-state index >= 15 is 0 Å². The Morgan fingerprint density at radius 3 is 2.56 bits per heavy atom. The van der Waals surface area contributed by atoms with Crippen molar-refractivity contribution in [1.29, 1.82) is 0 Å². The third kappa shape index (κ3) is 3.64. The second-order valence-electron chi connectivity index (χ2n) is 3.16. The van der Waals surface area contributed by atoms with E-state index in [4.69, 9.17) is 5.73 Å². The molecule has 0 aliphatic carbocycles. The first-order valence-corrected chi connectivity index (χ1v) is 4.48. The van der Waals surface area contributed by atoms with Crippen molar-refractivity contribution >= 4 is 11.8 Å². The molecule has 0 aliphatic heterocycles. The van der Waals surface area contributed by atoms with E-state index in [2.05, 4.69) is 5.32 Å². The van der Waals surface area contributed by atoms with Gasteiger partial charge in [-0.15, -0.1) is 0 Å². The summed E-state index contributed by atoms with van der Waals surface area (Å²) >= 11 is 0. The van der Waals surface area contributed by atoms with Crippen molar-refractivity contribution in [2.75, 3.05) is 6.54 Å². The molecule has 86 valence electrons. The van der Waals surface area contributed by atoms with Crippen LogP contribution in [-0.2, 0) is 16.0 Å². The normalized spacial score (nSPS) is 9.88. The standard InChI is InChI=1S/C10H10F2N2O2/c11-7-2-1-6(8(12)4-7)3-10(16)14-5-9(13)15/h1-2,4H,3,5H2,(H2,13,15)(H,14,16). The summed E-state index contributed by atoms with van der Waals surface area (Å²) in [5.74, 6) is -2.75. The molecule has 0 saturated carbocycles. The average Bonchev–Trinajstić information content (AvgIpc) is 2.19. The van der Waals surface area contributed by atoms with Gasteiger partial charge in [0.05, 0.1) is 13.0 Å². The van der Waals surface area contributed by atoms with Gasteiger partial charge in [0.1, 0.15) is 11.6 Å². The monoisotopic (exact) mass is 228 g/mol. The maximum atomic E-state index is 13.1. The number of hydrogen-bond donors (Lipinski definition) is 2. The van der Waals surface area contributed by atoms with Crippen LogP contribution in [0.1, 0.15) is 5.56 Å². The number of carbonyl (C=O) groups excluding carboxylic acids is 2. The number of benzene rings is 1. The molecule has 4 nitrogen and oxygen atoms in total. The minimum absolute atomic E-state index is 0.0587. The van der Waals surface area contributed by atoms with Crippen LogP contribution in [0.4, 0.5) is 8.78 Å². The van der Waals surface area contributed by atoms with Gasteiger partial charge in [-0.25, -0.2) is 8.78 Å². The number of nitrogens with two attached hydrogens (primary N) is 1. The summed E-state index contributed by atoms with van der Waals surface area (Å²) in [5, 5.41) is 2.20. The summed E-state index contributed by atoms with van der Waals surface area (Å²) in [5.41, 5.74) is 4.87. The largest absolute Gasteiger partial charge is 0.368 e.